The van der Waals surface area contributed by atoms with Gasteiger partial charge >= 0.3 is 0 Å². The minimum atomic E-state index is -2.92. The van der Waals surface area contributed by atoms with E-state index in [1.54, 1.807) is 0 Å². The molecular formula is C12H24O3S. The van der Waals surface area contributed by atoms with Crippen LogP contribution in [0, 0.1) is 5.92 Å². The van der Waals surface area contributed by atoms with Gasteiger partial charge in [0.15, 0.2) is 0 Å². The van der Waals surface area contributed by atoms with Crippen molar-refractivity contribution in [3.8, 4) is 0 Å². The summed E-state index contributed by atoms with van der Waals surface area (Å²) >= 11 is 0. The lowest BCUT2D eigenvalue weighted by Gasteiger charge is -2.31. The average Bonchev–Trinajstić information content (AvgIpc) is 2.25. The highest BCUT2D eigenvalue weighted by atomic mass is 32.2. The summed E-state index contributed by atoms with van der Waals surface area (Å²) in [5.74, 6) is 0.194. The van der Waals surface area contributed by atoms with Gasteiger partial charge in [-0.15, -0.1) is 0 Å². The third kappa shape index (κ3) is 4.06. The molecule has 0 saturated heterocycles. The van der Waals surface area contributed by atoms with E-state index >= 15 is 0 Å². The first-order chi connectivity index (χ1) is 7.45. The van der Waals surface area contributed by atoms with Crippen LogP contribution in [0.15, 0.2) is 0 Å². The fourth-order valence-corrected chi connectivity index (χ4v) is 3.76. The van der Waals surface area contributed by atoms with E-state index in [9.17, 15) is 13.5 Å². The number of rotatable bonds is 5. The maximum atomic E-state index is 11.5. The van der Waals surface area contributed by atoms with E-state index in [0.717, 1.165) is 38.5 Å². The molecule has 0 aromatic carbocycles. The molecule has 0 aliphatic heterocycles. The topological polar surface area (TPSA) is 54.4 Å². The van der Waals surface area contributed by atoms with E-state index in [1.165, 1.54) is 6.26 Å². The molecule has 0 amide bonds. The molecule has 0 bridgehead atoms. The number of sulfone groups is 1. The molecule has 1 saturated carbocycles. The van der Waals surface area contributed by atoms with Crippen LogP contribution in [0.3, 0.4) is 0 Å². The van der Waals surface area contributed by atoms with E-state index < -0.39 is 9.84 Å². The number of aliphatic hydroxyl groups is 1. The fourth-order valence-electron chi connectivity index (χ4n) is 2.57. The highest BCUT2D eigenvalue weighted by Crippen LogP contribution is 2.32. The van der Waals surface area contributed by atoms with E-state index in [2.05, 4.69) is 6.92 Å². The first kappa shape index (κ1) is 14.0. The minimum Gasteiger partial charge on any atom is -0.393 e. The van der Waals surface area contributed by atoms with Gasteiger partial charge in [-0.05, 0) is 31.6 Å². The lowest BCUT2D eigenvalue weighted by molar-refractivity contribution is 0.0761. The molecule has 1 N–H and O–H groups in total. The van der Waals surface area contributed by atoms with Gasteiger partial charge in [0, 0.05) is 6.26 Å². The second-order valence-electron chi connectivity index (χ2n) is 5.09. The van der Waals surface area contributed by atoms with Crippen molar-refractivity contribution in [3.05, 3.63) is 0 Å². The number of aliphatic hydroxyl groups excluding tert-OH is 1. The molecule has 4 heteroatoms. The Kier molecular flexibility index (Phi) is 5.25. The van der Waals surface area contributed by atoms with E-state index in [0.29, 0.717) is 6.42 Å². The first-order valence-electron chi connectivity index (χ1n) is 6.32. The summed E-state index contributed by atoms with van der Waals surface area (Å²) in [7, 11) is -2.92. The molecule has 3 nitrogen and oxygen atoms in total. The molecule has 3 atom stereocenters. The van der Waals surface area contributed by atoms with Crippen LogP contribution in [-0.2, 0) is 9.84 Å². The minimum absolute atomic E-state index is 0.194. The fraction of sp³-hybridized carbons (Fsp3) is 1.00. The van der Waals surface area contributed by atoms with Gasteiger partial charge in [-0.25, -0.2) is 8.42 Å². The number of unbranched alkanes of at least 4 members (excludes halogenated alkanes) is 1. The van der Waals surface area contributed by atoms with Crippen molar-refractivity contribution in [2.45, 2.75) is 63.2 Å². The largest absolute Gasteiger partial charge is 0.393 e. The lowest BCUT2D eigenvalue weighted by Crippen LogP contribution is -2.33. The summed E-state index contributed by atoms with van der Waals surface area (Å²) in [5.41, 5.74) is 0. The van der Waals surface area contributed by atoms with Crippen LogP contribution >= 0.6 is 0 Å². The van der Waals surface area contributed by atoms with Crippen LogP contribution in [0.4, 0.5) is 0 Å². The number of hydrogen-bond donors (Lipinski definition) is 1. The Morgan fingerprint density at radius 1 is 1.38 bits per heavy atom. The summed E-state index contributed by atoms with van der Waals surface area (Å²) in [5, 5.41) is 9.77. The smallest absolute Gasteiger partial charge is 0.150 e. The van der Waals surface area contributed by atoms with Crippen molar-refractivity contribution >= 4 is 9.84 Å². The summed E-state index contributed by atoms with van der Waals surface area (Å²) in [6, 6.07) is 0. The third-order valence-electron chi connectivity index (χ3n) is 3.67. The Hall–Kier alpha value is -0.0900. The molecule has 1 rings (SSSR count). The van der Waals surface area contributed by atoms with E-state index in [4.69, 9.17) is 0 Å². The van der Waals surface area contributed by atoms with Crippen LogP contribution in [0.1, 0.15) is 51.9 Å². The standard InChI is InChI=1S/C12H24O3S/c1-3-4-8-12(13)10-6-5-7-11(9-10)16(2,14)15/h10-13H,3-9H2,1-2H3. The van der Waals surface area contributed by atoms with Crippen molar-refractivity contribution in [2.75, 3.05) is 6.26 Å². The van der Waals surface area contributed by atoms with Gasteiger partial charge < -0.3 is 5.11 Å². The van der Waals surface area contributed by atoms with Crippen molar-refractivity contribution in [2.24, 2.45) is 5.92 Å². The van der Waals surface area contributed by atoms with Gasteiger partial charge in [-0.1, -0.05) is 26.2 Å². The molecule has 0 aromatic heterocycles. The van der Waals surface area contributed by atoms with E-state index in [-0.39, 0.29) is 17.3 Å². The van der Waals surface area contributed by atoms with Crippen molar-refractivity contribution in [1.29, 1.82) is 0 Å². The Morgan fingerprint density at radius 2 is 2.06 bits per heavy atom. The van der Waals surface area contributed by atoms with Gasteiger partial charge in [0.2, 0.25) is 0 Å². The second kappa shape index (κ2) is 6.01. The maximum absolute atomic E-state index is 11.5. The summed E-state index contributed by atoms with van der Waals surface area (Å²) < 4.78 is 23.0. The van der Waals surface area contributed by atoms with Crippen LogP contribution in [0.25, 0.3) is 0 Å². The molecule has 1 aliphatic carbocycles. The van der Waals surface area contributed by atoms with E-state index in [1.807, 2.05) is 0 Å². The molecule has 0 radical (unpaired) electrons. The molecule has 3 unspecified atom stereocenters. The molecule has 0 spiro atoms. The molecule has 16 heavy (non-hydrogen) atoms. The average molecular weight is 248 g/mol. The predicted octanol–water partition coefficient (Wildman–Crippen LogP) is 2.14. The maximum Gasteiger partial charge on any atom is 0.150 e. The van der Waals surface area contributed by atoms with Crippen LogP contribution in [0.5, 0.6) is 0 Å². The van der Waals surface area contributed by atoms with Gasteiger partial charge in [0.1, 0.15) is 9.84 Å². The van der Waals surface area contributed by atoms with Gasteiger partial charge in [0.25, 0.3) is 0 Å². The Labute approximate surface area is 99.2 Å². The Balaban J connectivity index is 2.50. The zero-order valence-electron chi connectivity index (χ0n) is 10.4. The number of hydrogen-bond acceptors (Lipinski definition) is 3. The third-order valence-corrected chi connectivity index (χ3v) is 5.31. The van der Waals surface area contributed by atoms with Crippen LogP contribution < -0.4 is 0 Å². The highest BCUT2D eigenvalue weighted by Gasteiger charge is 2.31. The first-order valence-corrected chi connectivity index (χ1v) is 8.27. The van der Waals surface area contributed by atoms with Gasteiger partial charge in [0.05, 0.1) is 11.4 Å². The molecule has 0 heterocycles. The lowest BCUT2D eigenvalue weighted by atomic mass is 9.83. The predicted molar refractivity (Wildman–Crippen MR) is 66.1 cm³/mol. The van der Waals surface area contributed by atoms with Crippen LogP contribution in [-0.4, -0.2) is 31.1 Å². The zero-order valence-corrected chi connectivity index (χ0v) is 11.2. The monoisotopic (exact) mass is 248 g/mol. The summed E-state index contributed by atoms with van der Waals surface area (Å²) in [4.78, 5) is 0. The summed E-state index contributed by atoms with van der Waals surface area (Å²) in [6.45, 7) is 2.10. The molecule has 96 valence electrons. The van der Waals surface area contributed by atoms with Gasteiger partial charge in [-0.2, -0.15) is 0 Å². The van der Waals surface area contributed by atoms with Crippen molar-refractivity contribution in [3.63, 3.8) is 0 Å². The molecule has 0 aromatic rings. The Bertz CT molecular complexity index is 297. The molecule has 1 aliphatic rings. The van der Waals surface area contributed by atoms with Crippen molar-refractivity contribution < 1.29 is 13.5 Å². The zero-order chi connectivity index (χ0) is 12.2. The molecular weight excluding hydrogens is 224 g/mol. The second-order valence-corrected chi connectivity index (χ2v) is 7.41. The highest BCUT2D eigenvalue weighted by molar-refractivity contribution is 7.91. The van der Waals surface area contributed by atoms with Gasteiger partial charge in [-0.3, -0.25) is 0 Å². The molecule has 1 fully saturated rings. The SMILES string of the molecule is CCCCC(O)C1CCCC(S(C)(=O)=O)C1. The Morgan fingerprint density at radius 3 is 2.62 bits per heavy atom. The van der Waals surface area contributed by atoms with Crippen molar-refractivity contribution in [1.82, 2.24) is 0 Å². The normalized spacial score (nSPS) is 28.9. The summed E-state index contributed by atoms with van der Waals surface area (Å²) in [6.07, 6.45) is 7.29. The quantitative estimate of drug-likeness (QED) is 0.811. The van der Waals surface area contributed by atoms with Crippen LogP contribution in [0.2, 0.25) is 0 Å².